The van der Waals surface area contributed by atoms with Crippen LogP contribution in [0.2, 0.25) is 0 Å². The van der Waals surface area contributed by atoms with E-state index in [1.54, 1.807) is 24.0 Å². The number of carbonyl (C=O) groups is 1. The number of hydrogen-bond donors (Lipinski definition) is 0. The lowest BCUT2D eigenvalue weighted by Crippen LogP contribution is -2.49. The average Bonchev–Trinajstić information content (AvgIpc) is 2.64. The van der Waals surface area contributed by atoms with Gasteiger partial charge in [0.2, 0.25) is 11.2 Å². The highest BCUT2D eigenvalue weighted by atomic mass is 19.1. The van der Waals surface area contributed by atoms with E-state index in [-0.39, 0.29) is 22.6 Å². The van der Waals surface area contributed by atoms with Crippen LogP contribution in [0, 0.1) is 12.7 Å². The maximum Gasteiger partial charge on any atom is 0.256 e. The van der Waals surface area contributed by atoms with Gasteiger partial charge in [-0.1, -0.05) is 12.1 Å². The SMILES string of the molecule is Cc1occc(=O)c1OCCN1CCN(C(=O)c2ccccc2F)CC1. The van der Waals surface area contributed by atoms with E-state index in [2.05, 4.69) is 4.90 Å². The number of aryl methyl sites for hydroxylation is 1. The second kappa shape index (κ2) is 8.14. The summed E-state index contributed by atoms with van der Waals surface area (Å²) in [7, 11) is 0. The van der Waals surface area contributed by atoms with Crippen molar-refractivity contribution >= 4 is 5.91 Å². The lowest BCUT2D eigenvalue weighted by Gasteiger charge is -2.34. The maximum atomic E-state index is 13.8. The predicted molar refractivity (Wildman–Crippen MR) is 94.0 cm³/mol. The third-order valence-electron chi connectivity index (χ3n) is 4.43. The van der Waals surface area contributed by atoms with E-state index in [0.29, 0.717) is 45.1 Å². The molecular formula is C19H21FN2O4. The number of halogens is 1. The van der Waals surface area contributed by atoms with Gasteiger partial charge < -0.3 is 14.1 Å². The molecule has 1 aliphatic heterocycles. The molecule has 2 aromatic rings. The van der Waals surface area contributed by atoms with Crippen LogP contribution in [0.3, 0.4) is 0 Å². The molecule has 3 rings (SSSR count). The molecule has 0 radical (unpaired) electrons. The number of piperazine rings is 1. The van der Waals surface area contributed by atoms with E-state index < -0.39 is 5.82 Å². The van der Waals surface area contributed by atoms with Crippen LogP contribution in [-0.4, -0.2) is 55.0 Å². The Morgan fingerprint density at radius 3 is 2.62 bits per heavy atom. The molecule has 0 saturated carbocycles. The van der Waals surface area contributed by atoms with E-state index in [4.69, 9.17) is 9.15 Å². The molecule has 7 heteroatoms. The topological polar surface area (TPSA) is 63.0 Å². The highest BCUT2D eigenvalue weighted by Crippen LogP contribution is 2.13. The Hall–Kier alpha value is -2.67. The Morgan fingerprint density at radius 2 is 1.92 bits per heavy atom. The van der Waals surface area contributed by atoms with Gasteiger partial charge in [0.05, 0.1) is 11.8 Å². The van der Waals surface area contributed by atoms with Crippen LogP contribution in [-0.2, 0) is 0 Å². The molecule has 2 heterocycles. The van der Waals surface area contributed by atoms with E-state index in [1.807, 2.05) is 0 Å². The van der Waals surface area contributed by atoms with Gasteiger partial charge in [0.1, 0.15) is 18.2 Å². The average molecular weight is 360 g/mol. The summed E-state index contributed by atoms with van der Waals surface area (Å²) in [5.74, 6) is -0.0828. The van der Waals surface area contributed by atoms with Crippen molar-refractivity contribution in [2.75, 3.05) is 39.3 Å². The molecule has 1 aliphatic rings. The van der Waals surface area contributed by atoms with E-state index in [9.17, 15) is 14.0 Å². The van der Waals surface area contributed by atoms with Crippen molar-refractivity contribution in [3.63, 3.8) is 0 Å². The number of nitrogens with zero attached hydrogens (tertiary/aromatic N) is 2. The summed E-state index contributed by atoms with van der Waals surface area (Å²) in [4.78, 5) is 27.9. The Kier molecular flexibility index (Phi) is 5.68. The van der Waals surface area contributed by atoms with Crippen LogP contribution in [0.15, 0.2) is 45.8 Å². The zero-order valence-corrected chi connectivity index (χ0v) is 14.6. The first kappa shape index (κ1) is 18.1. The van der Waals surface area contributed by atoms with Gasteiger partial charge in [0.15, 0.2) is 0 Å². The Labute approximate surface area is 150 Å². The predicted octanol–water partition coefficient (Wildman–Crippen LogP) is 1.92. The minimum Gasteiger partial charge on any atom is -0.485 e. The molecule has 0 aliphatic carbocycles. The molecule has 0 atom stereocenters. The van der Waals surface area contributed by atoms with Crippen molar-refractivity contribution in [1.29, 1.82) is 0 Å². The highest BCUT2D eigenvalue weighted by molar-refractivity contribution is 5.94. The molecule has 0 unspecified atom stereocenters. The summed E-state index contributed by atoms with van der Waals surface area (Å²) in [5.41, 5.74) is -0.0929. The van der Waals surface area contributed by atoms with Crippen molar-refractivity contribution in [1.82, 2.24) is 9.80 Å². The van der Waals surface area contributed by atoms with Crippen molar-refractivity contribution < 1.29 is 18.3 Å². The Morgan fingerprint density at radius 1 is 1.19 bits per heavy atom. The number of ether oxygens (including phenoxy) is 1. The number of rotatable bonds is 5. The molecule has 0 bridgehead atoms. The summed E-state index contributed by atoms with van der Waals surface area (Å²) in [6.45, 7) is 5.08. The Bertz CT molecular complexity index is 828. The van der Waals surface area contributed by atoms with Gasteiger partial charge in [-0.15, -0.1) is 0 Å². The van der Waals surface area contributed by atoms with E-state index in [1.165, 1.54) is 24.5 Å². The van der Waals surface area contributed by atoms with Gasteiger partial charge in [0.25, 0.3) is 5.91 Å². The van der Waals surface area contributed by atoms with Crippen molar-refractivity contribution in [2.45, 2.75) is 6.92 Å². The monoisotopic (exact) mass is 360 g/mol. The van der Waals surface area contributed by atoms with Crippen LogP contribution in [0.4, 0.5) is 4.39 Å². The molecule has 1 fully saturated rings. The fourth-order valence-corrected chi connectivity index (χ4v) is 2.93. The highest BCUT2D eigenvalue weighted by Gasteiger charge is 2.23. The Balaban J connectivity index is 1.48. The molecular weight excluding hydrogens is 339 g/mol. The number of benzene rings is 1. The first-order valence-electron chi connectivity index (χ1n) is 8.53. The molecule has 0 N–H and O–H groups in total. The summed E-state index contributed by atoms with van der Waals surface area (Å²) >= 11 is 0. The fourth-order valence-electron chi connectivity index (χ4n) is 2.93. The summed E-state index contributed by atoms with van der Waals surface area (Å²) in [5, 5.41) is 0. The molecule has 26 heavy (non-hydrogen) atoms. The summed E-state index contributed by atoms with van der Waals surface area (Å²) in [6.07, 6.45) is 1.34. The molecule has 1 saturated heterocycles. The maximum absolute atomic E-state index is 13.8. The number of carbonyl (C=O) groups excluding carboxylic acids is 1. The smallest absolute Gasteiger partial charge is 0.256 e. The van der Waals surface area contributed by atoms with Gasteiger partial charge in [0, 0.05) is 38.8 Å². The van der Waals surface area contributed by atoms with Crippen molar-refractivity contribution in [3.8, 4) is 5.75 Å². The number of amides is 1. The third kappa shape index (κ3) is 4.11. The molecule has 1 aromatic heterocycles. The molecule has 1 aromatic carbocycles. The van der Waals surface area contributed by atoms with Gasteiger partial charge >= 0.3 is 0 Å². The van der Waals surface area contributed by atoms with E-state index >= 15 is 0 Å². The normalized spacial score (nSPS) is 15.1. The molecule has 138 valence electrons. The van der Waals surface area contributed by atoms with Gasteiger partial charge in [-0.05, 0) is 19.1 Å². The second-order valence-corrected chi connectivity index (χ2v) is 6.13. The van der Waals surface area contributed by atoms with Crippen molar-refractivity contribution in [3.05, 3.63) is 64.0 Å². The van der Waals surface area contributed by atoms with Gasteiger partial charge in [-0.2, -0.15) is 0 Å². The van der Waals surface area contributed by atoms with Crippen LogP contribution >= 0.6 is 0 Å². The lowest BCUT2D eigenvalue weighted by molar-refractivity contribution is 0.0615. The van der Waals surface area contributed by atoms with Crippen LogP contribution in [0.5, 0.6) is 5.75 Å². The standard InChI is InChI=1S/C19H21FN2O4/c1-14-18(17(23)6-12-25-14)26-13-11-21-7-9-22(10-8-21)19(24)15-4-2-3-5-16(15)20/h2-6,12H,7-11,13H2,1H3. The zero-order chi connectivity index (χ0) is 18.5. The first-order valence-corrected chi connectivity index (χ1v) is 8.53. The molecule has 6 nitrogen and oxygen atoms in total. The minimum atomic E-state index is -0.495. The second-order valence-electron chi connectivity index (χ2n) is 6.13. The first-order chi connectivity index (χ1) is 12.6. The van der Waals surface area contributed by atoms with Crippen LogP contribution < -0.4 is 10.2 Å². The quantitative estimate of drug-likeness (QED) is 0.815. The summed E-state index contributed by atoms with van der Waals surface area (Å²) in [6, 6.07) is 7.36. The largest absolute Gasteiger partial charge is 0.485 e. The molecule has 0 spiro atoms. The van der Waals surface area contributed by atoms with Crippen LogP contribution in [0.1, 0.15) is 16.1 Å². The van der Waals surface area contributed by atoms with Gasteiger partial charge in [-0.25, -0.2) is 4.39 Å². The minimum absolute atomic E-state index is 0.107. The van der Waals surface area contributed by atoms with E-state index in [0.717, 1.165) is 0 Å². The zero-order valence-electron chi connectivity index (χ0n) is 14.6. The fraction of sp³-hybridized carbons (Fsp3) is 0.368. The third-order valence-corrected chi connectivity index (χ3v) is 4.43. The number of hydrogen-bond acceptors (Lipinski definition) is 5. The lowest BCUT2D eigenvalue weighted by atomic mass is 10.1. The molecule has 1 amide bonds. The van der Waals surface area contributed by atoms with Crippen molar-refractivity contribution in [2.24, 2.45) is 0 Å². The van der Waals surface area contributed by atoms with Gasteiger partial charge in [-0.3, -0.25) is 14.5 Å². The summed E-state index contributed by atoms with van der Waals surface area (Å²) < 4.78 is 24.5. The van der Waals surface area contributed by atoms with Crippen LogP contribution in [0.25, 0.3) is 0 Å².